The number of anilines is 2. The van der Waals surface area contributed by atoms with E-state index in [1.165, 1.54) is 5.56 Å². The van der Waals surface area contributed by atoms with Gasteiger partial charge >= 0.3 is 0 Å². The van der Waals surface area contributed by atoms with E-state index in [2.05, 4.69) is 27.6 Å². The van der Waals surface area contributed by atoms with E-state index in [0.29, 0.717) is 17.9 Å². The highest BCUT2D eigenvalue weighted by Crippen LogP contribution is 2.29. The Morgan fingerprint density at radius 3 is 2.75 bits per heavy atom. The number of aryl methyl sites for hydroxylation is 1. The van der Waals surface area contributed by atoms with Crippen molar-refractivity contribution in [3.05, 3.63) is 66.1 Å². The minimum absolute atomic E-state index is 0.672. The summed E-state index contributed by atoms with van der Waals surface area (Å²) in [4.78, 5) is 4.67. The molecule has 0 aliphatic carbocycles. The van der Waals surface area contributed by atoms with E-state index < -0.39 is 0 Å². The van der Waals surface area contributed by atoms with Crippen LogP contribution in [0.5, 0.6) is 0 Å². The molecule has 0 radical (unpaired) electrons. The molecule has 0 amide bonds. The van der Waals surface area contributed by atoms with Crippen LogP contribution in [-0.4, -0.2) is 14.5 Å². The third kappa shape index (κ3) is 2.58. The number of nitrogens with one attached hydrogen (secondary N) is 1. The summed E-state index contributed by atoms with van der Waals surface area (Å²) in [6.45, 7) is 2.54. The molecule has 0 saturated carbocycles. The number of nitrogen functional groups attached to an aromatic ring is 1. The Hall–Kier alpha value is -3.28. The maximum absolute atomic E-state index is 5.94. The molecular formula is C18H17N5O. The lowest BCUT2D eigenvalue weighted by Crippen LogP contribution is -2.03. The first-order valence-corrected chi connectivity index (χ1v) is 7.70. The quantitative estimate of drug-likeness (QED) is 0.602. The predicted molar refractivity (Wildman–Crippen MR) is 93.6 cm³/mol. The highest BCUT2D eigenvalue weighted by Gasteiger charge is 2.17. The van der Waals surface area contributed by atoms with Gasteiger partial charge in [-0.25, -0.2) is 4.98 Å². The number of benzene rings is 1. The normalized spacial score (nSPS) is 11.0. The van der Waals surface area contributed by atoms with Crippen LogP contribution < -0.4 is 11.1 Å². The SMILES string of the molecule is Cc1cc(-c2nc3ccc(N)cn3c2NCc2ccccc2)no1. The first-order chi connectivity index (χ1) is 11.7. The molecule has 0 unspecified atom stereocenters. The molecule has 1 aromatic carbocycles. The van der Waals surface area contributed by atoms with Gasteiger partial charge in [0.1, 0.15) is 28.6 Å². The van der Waals surface area contributed by atoms with Gasteiger partial charge in [0.2, 0.25) is 0 Å². The maximum atomic E-state index is 5.94. The van der Waals surface area contributed by atoms with Crippen molar-refractivity contribution in [3.8, 4) is 11.4 Å². The van der Waals surface area contributed by atoms with Crippen LogP contribution in [0.4, 0.5) is 11.5 Å². The van der Waals surface area contributed by atoms with E-state index in [0.717, 1.165) is 22.9 Å². The average Bonchev–Trinajstić information content (AvgIpc) is 3.17. The second kappa shape index (κ2) is 5.73. The Labute approximate surface area is 138 Å². The zero-order valence-corrected chi connectivity index (χ0v) is 13.2. The summed E-state index contributed by atoms with van der Waals surface area (Å²) in [6, 6.07) is 15.8. The monoisotopic (exact) mass is 319 g/mol. The third-order valence-electron chi connectivity index (χ3n) is 3.81. The van der Waals surface area contributed by atoms with Crippen molar-refractivity contribution >= 4 is 17.2 Å². The van der Waals surface area contributed by atoms with Gasteiger partial charge in [0.15, 0.2) is 0 Å². The number of hydrogen-bond acceptors (Lipinski definition) is 5. The fourth-order valence-corrected chi connectivity index (χ4v) is 2.67. The van der Waals surface area contributed by atoms with Crippen molar-refractivity contribution in [1.29, 1.82) is 0 Å². The molecule has 0 spiro atoms. The van der Waals surface area contributed by atoms with E-state index in [9.17, 15) is 0 Å². The summed E-state index contributed by atoms with van der Waals surface area (Å²) in [7, 11) is 0. The van der Waals surface area contributed by atoms with Gasteiger partial charge in [0.05, 0.1) is 0 Å². The number of imidazole rings is 1. The van der Waals surface area contributed by atoms with Crippen molar-refractivity contribution < 1.29 is 4.52 Å². The Balaban J connectivity index is 1.79. The van der Waals surface area contributed by atoms with Gasteiger partial charge < -0.3 is 15.6 Å². The van der Waals surface area contributed by atoms with Crippen LogP contribution in [0.3, 0.4) is 0 Å². The molecule has 0 aliphatic rings. The zero-order valence-electron chi connectivity index (χ0n) is 13.2. The number of hydrogen-bond donors (Lipinski definition) is 2. The molecule has 0 saturated heterocycles. The van der Waals surface area contributed by atoms with Crippen molar-refractivity contribution in [2.24, 2.45) is 0 Å². The summed E-state index contributed by atoms with van der Waals surface area (Å²) in [5, 5.41) is 7.55. The molecule has 24 heavy (non-hydrogen) atoms. The fraction of sp³-hybridized carbons (Fsp3) is 0.111. The third-order valence-corrected chi connectivity index (χ3v) is 3.81. The van der Waals surface area contributed by atoms with Crippen molar-refractivity contribution in [2.45, 2.75) is 13.5 Å². The number of nitrogens with zero attached hydrogens (tertiary/aromatic N) is 3. The number of aromatic nitrogens is 3. The lowest BCUT2D eigenvalue weighted by atomic mass is 10.2. The second-order valence-electron chi connectivity index (χ2n) is 5.66. The van der Waals surface area contributed by atoms with Gasteiger partial charge in [-0.05, 0) is 24.6 Å². The molecule has 120 valence electrons. The lowest BCUT2D eigenvalue weighted by molar-refractivity contribution is 0.399. The summed E-state index contributed by atoms with van der Waals surface area (Å²) in [5.74, 6) is 1.59. The Bertz CT molecular complexity index is 987. The van der Waals surface area contributed by atoms with Crippen LogP contribution in [0, 0.1) is 6.92 Å². The molecule has 0 atom stereocenters. The summed E-state index contributed by atoms with van der Waals surface area (Å²) < 4.78 is 7.15. The van der Waals surface area contributed by atoms with E-state index in [1.807, 2.05) is 53.9 Å². The van der Waals surface area contributed by atoms with Crippen LogP contribution in [0.15, 0.2) is 59.3 Å². The smallest absolute Gasteiger partial charge is 0.140 e. The first-order valence-electron chi connectivity index (χ1n) is 7.70. The topological polar surface area (TPSA) is 81.4 Å². The van der Waals surface area contributed by atoms with Gasteiger partial charge in [-0.15, -0.1) is 0 Å². The molecule has 0 fully saturated rings. The van der Waals surface area contributed by atoms with Crippen molar-refractivity contribution in [1.82, 2.24) is 14.5 Å². The first kappa shape index (κ1) is 14.3. The molecule has 3 aromatic heterocycles. The largest absolute Gasteiger partial charge is 0.398 e. The van der Waals surface area contributed by atoms with Gasteiger partial charge in [-0.2, -0.15) is 0 Å². The molecular weight excluding hydrogens is 302 g/mol. The average molecular weight is 319 g/mol. The molecule has 3 heterocycles. The second-order valence-corrected chi connectivity index (χ2v) is 5.66. The van der Waals surface area contributed by atoms with Crippen molar-refractivity contribution in [3.63, 3.8) is 0 Å². The van der Waals surface area contributed by atoms with Gasteiger partial charge in [0, 0.05) is 24.5 Å². The minimum atomic E-state index is 0.672. The molecule has 3 N–H and O–H groups in total. The number of rotatable bonds is 4. The zero-order chi connectivity index (χ0) is 16.5. The van der Waals surface area contributed by atoms with Crippen molar-refractivity contribution in [2.75, 3.05) is 11.1 Å². The van der Waals surface area contributed by atoms with Gasteiger partial charge in [-0.3, -0.25) is 4.40 Å². The minimum Gasteiger partial charge on any atom is -0.398 e. The van der Waals surface area contributed by atoms with E-state index >= 15 is 0 Å². The van der Waals surface area contributed by atoms with E-state index in [1.54, 1.807) is 0 Å². The molecule has 4 aromatic rings. The van der Waals surface area contributed by atoms with Gasteiger partial charge in [-0.1, -0.05) is 35.5 Å². The Morgan fingerprint density at radius 2 is 2.00 bits per heavy atom. The summed E-state index contributed by atoms with van der Waals surface area (Å²) in [6.07, 6.45) is 1.85. The van der Waals surface area contributed by atoms with Gasteiger partial charge in [0.25, 0.3) is 0 Å². The van der Waals surface area contributed by atoms with E-state index in [-0.39, 0.29) is 0 Å². The standard InChI is InChI=1S/C18H17N5O/c1-12-9-15(22-24-12)17-18(20-10-13-5-3-2-4-6-13)23-11-14(19)7-8-16(23)21-17/h2-9,11,20H,10,19H2,1H3. The van der Waals surface area contributed by atoms with E-state index in [4.69, 9.17) is 10.3 Å². The highest BCUT2D eigenvalue weighted by molar-refractivity contribution is 5.75. The lowest BCUT2D eigenvalue weighted by Gasteiger charge is -2.08. The maximum Gasteiger partial charge on any atom is 0.140 e. The molecule has 6 heteroatoms. The van der Waals surface area contributed by atoms with Crippen LogP contribution in [-0.2, 0) is 6.54 Å². The number of nitrogens with two attached hydrogens (primary N) is 1. The Morgan fingerprint density at radius 1 is 1.17 bits per heavy atom. The molecule has 0 aliphatic heterocycles. The van der Waals surface area contributed by atoms with Crippen LogP contribution >= 0.6 is 0 Å². The molecule has 4 rings (SSSR count). The summed E-state index contributed by atoms with van der Waals surface area (Å²) in [5.41, 5.74) is 10.0. The number of pyridine rings is 1. The predicted octanol–water partition coefficient (Wildman–Crippen LogP) is 3.49. The summed E-state index contributed by atoms with van der Waals surface area (Å²) >= 11 is 0. The highest BCUT2D eigenvalue weighted by atomic mass is 16.5. The van der Waals surface area contributed by atoms with Crippen LogP contribution in [0.1, 0.15) is 11.3 Å². The Kier molecular flexibility index (Phi) is 3.42. The number of fused-ring (bicyclic) bond motifs is 1. The van der Waals surface area contributed by atoms with Crippen LogP contribution in [0.2, 0.25) is 0 Å². The fourth-order valence-electron chi connectivity index (χ4n) is 2.67. The van der Waals surface area contributed by atoms with Crippen LogP contribution in [0.25, 0.3) is 17.0 Å². The molecule has 6 nitrogen and oxygen atoms in total. The molecule has 0 bridgehead atoms.